The predicted molar refractivity (Wildman–Crippen MR) is 81.6 cm³/mol. The second-order valence-electron chi connectivity index (χ2n) is 4.50. The van der Waals surface area contributed by atoms with E-state index in [9.17, 15) is 5.11 Å². The Morgan fingerprint density at radius 3 is 2.38 bits per heavy atom. The van der Waals surface area contributed by atoms with Gasteiger partial charge >= 0.3 is 0 Å². The third kappa shape index (κ3) is 3.28. The number of aliphatic hydroxyl groups is 1. The maximum Gasteiger partial charge on any atom is 0.203 e. The zero-order valence-corrected chi connectivity index (χ0v) is 13.4. The second-order valence-corrected chi connectivity index (χ2v) is 5.56. The lowest BCUT2D eigenvalue weighted by atomic mass is 10.0. The van der Waals surface area contributed by atoms with Crippen LogP contribution in [0.3, 0.4) is 0 Å². The zero-order valence-electron chi connectivity index (χ0n) is 12.5. The number of aryl methyl sites for hydroxylation is 1. The molecule has 5 nitrogen and oxygen atoms in total. The largest absolute Gasteiger partial charge is 0.493 e. The third-order valence-electron chi connectivity index (χ3n) is 3.16. The number of hydrogen-bond acceptors (Lipinski definition) is 6. The molecule has 2 rings (SSSR count). The highest BCUT2D eigenvalue weighted by molar-refractivity contribution is 7.09. The quantitative estimate of drug-likeness (QED) is 0.889. The molecule has 0 aliphatic carbocycles. The average molecular weight is 309 g/mol. The molecular formula is C15H19NO4S. The molecule has 1 aromatic heterocycles. The van der Waals surface area contributed by atoms with Crippen LogP contribution in [0.4, 0.5) is 0 Å². The molecule has 0 aliphatic heterocycles. The molecule has 0 aliphatic rings. The molecule has 114 valence electrons. The number of aliphatic hydroxyl groups excluding tert-OH is 1. The van der Waals surface area contributed by atoms with Crippen LogP contribution in [-0.4, -0.2) is 31.4 Å². The van der Waals surface area contributed by atoms with E-state index in [1.807, 2.05) is 12.3 Å². The third-order valence-corrected chi connectivity index (χ3v) is 3.99. The number of aromatic nitrogens is 1. The standard InChI is InChI=1S/C15H19NO4S/c1-9-16-10(8-21-9)7-12(17)11-5-6-13(18-2)15(20-4)14(11)19-3/h5-6,8,12,17H,7H2,1-4H3. The van der Waals surface area contributed by atoms with E-state index in [1.165, 1.54) is 0 Å². The number of benzene rings is 1. The molecule has 1 heterocycles. The van der Waals surface area contributed by atoms with Gasteiger partial charge in [-0.2, -0.15) is 0 Å². The van der Waals surface area contributed by atoms with Gasteiger partial charge in [-0.05, 0) is 19.1 Å². The normalized spacial score (nSPS) is 12.0. The van der Waals surface area contributed by atoms with E-state index < -0.39 is 6.10 Å². The topological polar surface area (TPSA) is 60.8 Å². The first-order valence-corrected chi connectivity index (χ1v) is 7.36. The van der Waals surface area contributed by atoms with Gasteiger partial charge in [0.1, 0.15) is 0 Å². The van der Waals surface area contributed by atoms with Crippen LogP contribution >= 0.6 is 11.3 Å². The summed E-state index contributed by atoms with van der Waals surface area (Å²) in [5.74, 6) is 1.53. The van der Waals surface area contributed by atoms with Gasteiger partial charge in [0, 0.05) is 17.4 Å². The van der Waals surface area contributed by atoms with Crippen molar-refractivity contribution < 1.29 is 19.3 Å². The molecule has 0 fully saturated rings. The average Bonchev–Trinajstić information content (AvgIpc) is 2.90. The summed E-state index contributed by atoms with van der Waals surface area (Å²) in [4.78, 5) is 4.37. The van der Waals surface area contributed by atoms with E-state index in [4.69, 9.17) is 14.2 Å². The van der Waals surface area contributed by atoms with Gasteiger partial charge in [-0.25, -0.2) is 4.98 Å². The van der Waals surface area contributed by atoms with Crippen LogP contribution in [0.5, 0.6) is 17.2 Å². The van der Waals surface area contributed by atoms with Gasteiger partial charge in [0.05, 0.1) is 38.1 Å². The lowest BCUT2D eigenvalue weighted by Gasteiger charge is -2.18. The predicted octanol–water partition coefficient (Wildman–Crippen LogP) is 2.75. The van der Waals surface area contributed by atoms with Crippen LogP contribution in [0.1, 0.15) is 22.4 Å². The summed E-state index contributed by atoms with van der Waals surface area (Å²) >= 11 is 1.57. The minimum absolute atomic E-state index is 0.427. The van der Waals surface area contributed by atoms with Gasteiger partial charge in [-0.3, -0.25) is 0 Å². The summed E-state index contributed by atoms with van der Waals surface area (Å²) in [5, 5.41) is 13.4. The molecule has 0 bridgehead atoms. The van der Waals surface area contributed by atoms with Crippen molar-refractivity contribution in [1.82, 2.24) is 4.98 Å². The Kier molecular flexibility index (Phi) is 5.03. The smallest absolute Gasteiger partial charge is 0.203 e. The molecule has 0 amide bonds. The molecule has 1 unspecified atom stereocenters. The molecule has 0 saturated heterocycles. The molecule has 1 atom stereocenters. The molecular weight excluding hydrogens is 290 g/mol. The summed E-state index contributed by atoms with van der Waals surface area (Å²) in [6.45, 7) is 1.94. The van der Waals surface area contributed by atoms with Gasteiger partial charge < -0.3 is 19.3 Å². The van der Waals surface area contributed by atoms with Crippen LogP contribution in [0, 0.1) is 6.92 Å². The van der Waals surface area contributed by atoms with E-state index in [0.717, 1.165) is 10.7 Å². The van der Waals surface area contributed by atoms with Crippen molar-refractivity contribution in [2.75, 3.05) is 21.3 Å². The Balaban J connectivity index is 2.33. The summed E-state index contributed by atoms with van der Waals surface area (Å²) in [6, 6.07) is 3.54. The SMILES string of the molecule is COc1ccc(C(O)Cc2csc(C)n2)c(OC)c1OC. The maximum atomic E-state index is 10.5. The Hall–Kier alpha value is -1.79. The van der Waals surface area contributed by atoms with Crippen LogP contribution < -0.4 is 14.2 Å². The van der Waals surface area contributed by atoms with Gasteiger partial charge in [0.15, 0.2) is 11.5 Å². The summed E-state index contributed by atoms with van der Waals surface area (Å²) in [7, 11) is 4.65. The molecule has 6 heteroatoms. The van der Waals surface area contributed by atoms with Crippen molar-refractivity contribution in [2.24, 2.45) is 0 Å². The van der Waals surface area contributed by atoms with Crippen LogP contribution in [-0.2, 0) is 6.42 Å². The summed E-state index contributed by atoms with van der Waals surface area (Å²) < 4.78 is 16.0. The first kappa shape index (κ1) is 15.6. The van der Waals surface area contributed by atoms with Crippen LogP contribution in [0.25, 0.3) is 0 Å². The Bertz CT molecular complexity index is 612. The minimum atomic E-state index is -0.721. The van der Waals surface area contributed by atoms with Crippen molar-refractivity contribution >= 4 is 11.3 Å². The second kappa shape index (κ2) is 6.78. The number of nitrogens with zero attached hydrogens (tertiary/aromatic N) is 1. The fraction of sp³-hybridized carbons (Fsp3) is 0.400. The first-order valence-electron chi connectivity index (χ1n) is 6.48. The van der Waals surface area contributed by atoms with Crippen molar-refractivity contribution in [3.05, 3.63) is 33.8 Å². The molecule has 1 aromatic carbocycles. The van der Waals surface area contributed by atoms with Gasteiger partial charge in [0.25, 0.3) is 0 Å². The van der Waals surface area contributed by atoms with Crippen LogP contribution in [0.15, 0.2) is 17.5 Å². The number of methoxy groups -OCH3 is 3. The van der Waals surface area contributed by atoms with Crippen molar-refractivity contribution in [3.8, 4) is 17.2 Å². The highest BCUT2D eigenvalue weighted by atomic mass is 32.1. The van der Waals surface area contributed by atoms with E-state index in [2.05, 4.69) is 4.98 Å². The maximum absolute atomic E-state index is 10.5. The van der Waals surface area contributed by atoms with Crippen molar-refractivity contribution in [2.45, 2.75) is 19.4 Å². The van der Waals surface area contributed by atoms with E-state index in [0.29, 0.717) is 29.2 Å². The monoisotopic (exact) mass is 309 g/mol. The number of thiazole rings is 1. The first-order chi connectivity index (χ1) is 10.1. The highest BCUT2D eigenvalue weighted by Crippen LogP contribution is 2.42. The molecule has 0 saturated carbocycles. The number of ether oxygens (including phenoxy) is 3. The lowest BCUT2D eigenvalue weighted by Crippen LogP contribution is -2.06. The molecule has 2 aromatic rings. The van der Waals surface area contributed by atoms with E-state index in [-0.39, 0.29) is 0 Å². The van der Waals surface area contributed by atoms with E-state index >= 15 is 0 Å². The Morgan fingerprint density at radius 1 is 1.14 bits per heavy atom. The molecule has 0 spiro atoms. The fourth-order valence-corrected chi connectivity index (χ4v) is 2.82. The number of hydrogen-bond donors (Lipinski definition) is 1. The van der Waals surface area contributed by atoms with Gasteiger partial charge in [-0.1, -0.05) is 0 Å². The Morgan fingerprint density at radius 2 is 1.86 bits per heavy atom. The zero-order chi connectivity index (χ0) is 15.4. The molecule has 21 heavy (non-hydrogen) atoms. The van der Waals surface area contributed by atoms with Gasteiger partial charge in [-0.15, -0.1) is 11.3 Å². The minimum Gasteiger partial charge on any atom is -0.493 e. The van der Waals surface area contributed by atoms with Crippen LogP contribution in [0.2, 0.25) is 0 Å². The summed E-state index contributed by atoms with van der Waals surface area (Å²) in [5.41, 5.74) is 1.52. The summed E-state index contributed by atoms with van der Waals surface area (Å²) in [6.07, 6.45) is -0.294. The van der Waals surface area contributed by atoms with Crippen molar-refractivity contribution in [1.29, 1.82) is 0 Å². The Labute approximate surface area is 128 Å². The molecule has 0 radical (unpaired) electrons. The molecule has 1 N–H and O–H groups in total. The van der Waals surface area contributed by atoms with Crippen molar-refractivity contribution in [3.63, 3.8) is 0 Å². The lowest BCUT2D eigenvalue weighted by molar-refractivity contribution is 0.171. The van der Waals surface area contributed by atoms with E-state index in [1.54, 1.807) is 44.8 Å². The number of rotatable bonds is 6. The fourth-order valence-electron chi connectivity index (χ4n) is 2.20. The van der Waals surface area contributed by atoms with Gasteiger partial charge in [0.2, 0.25) is 5.75 Å². The highest BCUT2D eigenvalue weighted by Gasteiger charge is 2.21.